The van der Waals surface area contributed by atoms with Gasteiger partial charge in [0.2, 0.25) is 5.91 Å². The number of anilines is 1. The molecule has 0 unspecified atom stereocenters. The average molecular weight is 460 g/mol. The molecule has 3 aromatic carbocycles. The summed E-state index contributed by atoms with van der Waals surface area (Å²) < 4.78 is 7.76. The highest BCUT2D eigenvalue weighted by Gasteiger charge is 2.15. The zero-order chi connectivity index (χ0) is 22.9. The summed E-state index contributed by atoms with van der Waals surface area (Å²) >= 11 is 6.01. The van der Waals surface area contributed by atoms with Crippen LogP contribution in [-0.2, 0) is 11.3 Å². The molecule has 2 heterocycles. The first-order chi connectivity index (χ1) is 16.0. The number of methoxy groups -OCH3 is 1. The van der Waals surface area contributed by atoms with Gasteiger partial charge in [-0.1, -0.05) is 54.1 Å². The van der Waals surface area contributed by atoms with E-state index in [2.05, 4.69) is 15.5 Å². The molecule has 0 saturated heterocycles. The van der Waals surface area contributed by atoms with Gasteiger partial charge in [0.05, 0.1) is 18.5 Å². The monoisotopic (exact) mass is 459 g/mol. The number of carbonyl (C=O) groups is 1. The van der Waals surface area contributed by atoms with Gasteiger partial charge in [0.15, 0.2) is 0 Å². The molecule has 0 fully saturated rings. The first kappa shape index (κ1) is 20.7. The topological polar surface area (TPSA) is 90.5 Å². The Morgan fingerprint density at radius 1 is 1.09 bits per heavy atom. The van der Waals surface area contributed by atoms with Crippen LogP contribution in [0.5, 0.6) is 5.75 Å². The molecule has 2 aromatic heterocycles. The molecule has 8 nitrogen and oxygen atoms in total. The molecule has 0 atom stereocenters. The number of amides is 1. The highest BCUT2D eigenvalue weighted by Crippen LogP contribution is 2.28. The molecule has 1 N–H and O–H groups in total. The van der Waals surface area contributed by atoms with Crippen LogP contribution in [-0.4, -0.2) is 32.4 Å². The van der Waals surface area contributed by atoms with Gasteiger partial charge in [-0.25, -0.2) is 9.20 Å². The Morgan fingerprint density at radius 2 is 1.91 bits per heavy atom. The molecule has 5 aromatic rings. The number of carbonyl (C=O) groups excluding carboxylic acids is 1. The number of ether oxygens (including phenoxy) is 1. The number of halogens is 1. The van der Waals surface area contributed by atoms with Crippen molar-refractivity contribution in [2.24, 2.45) is 0 Å². The van der Waals surface area contributed by atoms with Crippen molar-refractivity contribution >= 4 is 39.5 Å². The van der Waals surface area contributed by atoms with E-state index in [0.717, 1.165) is 21.0 Å². The number of hydrogen-bond acceptors (Lipinski definition) is 5. The van der Waals surface area contributed by atoms with Crippen LogP contribution in [0.4, 0.5) is 5.69 Å². The molecule has 164 valence electrons. The van der Waals surface area contributed by atoms with Crippen LogP contribution in [0.1, 0.15) is 0 Å². The molecule has 0 aliphatic rings. The first-order valence-electron chi connectivity index (χ1n) is 10.1. The van der Waals surface area contributed by atoms with Crippen LogP contribution in [0.25, 0.3) is 27.5 Å². The fraction of sp³-hybridized carbons (Fsp3) is 0.0833. The van der Waals surface area contributed by atoms with E-state index in [1.165, 1.54) is 18.0 Å². The number of nitrogens with one attached hydrogen (secondary N) is 1. The quantitative estimate of drug-likeness (QED) is 0.429. The molecular formula is C24H18ClN5O3. The molecule has 0 saturated carbocycles. The lowest BCUT2D eigenvalue weighted by Gasteiger charge is -2.11. The maximum atomic E-state index is 13.0. The Bertz CT molecular complexity index is 1570. The third-order valence-corrected chi connectivity index (χ3v) is 5.52. The largest absolute Gasteiger partial charge is 0.495 e. The Morgan fingerprint density at radius 3 is 2.76 bits per heavy atom. The second-order valence-corrected chi connectivity index (χ2v) is 7.81. The van der Waals surface area contributed by atoms with Crippen LogP contribution in [0.15, 0.2) is 77.9 Å². The van der Waals surface area contributed by atoms with Crippen molar-refractivity contribution in [3.05, 3.63) is 88.4 Å². The summed E-state index contributed by atoms with van der Waals surface area (Å²) in [6.07, 6.45) is 1.42. The summed E-state index contributed by atoms with van der Waals surface area (Å²) in [7, 11) is 1.49. The minimum Gasteiger partial charge on any atom is -0.495 e. The third kappa shape index (κ3) is 3.92. The summed E-state index contributed by atoms with van der Waals surface area (Å²) in [6.45, 7) is -0.278. The van der Waals surface area contributed by atoms with Crippen molar-refractivity contribution in [2.45, 2.75) is 6.54 Å². The lowest BCUT2D eigenvalue weighted by Crippen LogP contribution is -2.30. The molecule has 0 radical (unpaired) electrons. The Balaban J connectivity index is 1.46. The fourth-order valence-electron chi connectivity index (χ4n) is 3.73. The van der Waals surface area contributed by atoms with Gasteiger partial charge in [-0.2, -0.15) is 10.2 Å². The van der Waals surface area contributed by atoms with E-state index in [9.17, 15) is 9.59 Å². The van der Waals surface area contributed by atoms with Gasteiger partial charge < -0.3 is 10.1 Å². The molecule has 0 bridgehead atoms. The van der Waals surface area contributed by atoms with Crippen LogP contribution >= 0.6 is 11.6 Å². The minimum absolute atomic E-state index is 0.278. The highest BCUT2D eigenvalue weighted by molar-refractivity contribution is 6.31. The number of fused-ring (bicyclic) bond motifs is 2. The van der Waals surface area contributed by atoms with Crippen molar-refractivity contribution in [3.8, 4) is 17.0 Å². The Kier molecular flexibility index (Phi) is 5.27. The fourth-order valence-corrected chi connectivity index (χ4v) is 3.91. The second kappa shape index (κ2) is 8.40. The normalized spacial score (nSPS) is 11.1. The van der Waals surface area contributed by atoms with Crippen molar-refractivity contribution in [1.82, 2.24) is 19.4 Å². The molecule has 33 heavy (non-hydrogen) atoms. The van der Waals surface area contributed by atoms with Gasteiger partial charge in [-0.15, -0.1) is 0 Å². The molecule has 9 heteroatoms. The third-order valence-electron chi connectivity index (χ3n) is 5.28. The van der Waals surface area contributed by atoms with E-state index < -0.39 is 11.5 Å². The summed E-state index contributed by atoms with van der Waals surface area (Å²) in [5, 5.41) is 13.9. The lowest BCUT2D eigenvalue weighted by molar-refractivity contribution is -0.117. The molecule has 5 rings (SSSR count). The Hall–Kier alpha value is -4.17. The standard InChI is InChI=1S/C24H18ClN5O3/c1-33-22-10-9-16(25)11-20(22)27-23(31)13-29-24(32)21-12-19(28-30(21)14-26-29)18-8-4-6-15-5-2-3-7-17(15)18/h2-12,14H,13H2,1H3,(H,27,31). The van der Waals surface area contributed by atoms with Crippen molar-refractivity contribution in [2.75, 3.05) is 12.4 Å². The van der Waals surface area contributed by atoms with E-state index in [4.69, 9.17) is 16.3 Å². The summed E-state index contributed by atoms with van der Waals surface area (Å²) in [4.78, 5) is 25.6. The van der Waals surface area contributed by atoms with Gasteiger partial charge in [0.1, 0.15) is 24.1 Å². The zero-order valence-electron chi connectivity index (χ0n) is 17.5. The van der Waals surface area contributed by atoms with E-state index in [1.54, 1.807) is 24.3 Å². The van der Waals surface area contributed by atoms with Gasteiger partial charge >= 0.3 is 0 Å². The minimum atomic E-state index is -0.441. The molecular weight excluding hydrogens is 442 g/mol. The lowest BCUT2D eigenvalue weighted by atomic mass is 10.0. The van der Waals surface area contributed by atoms with E-state index in [0.29, 0.717) is 27.7 Å². The summed E-state index contributed by atoms with van der Waals surface area (Å²) in [5.74, 6) is 0.0161. The van der Waals surface area contributed by atoms with Crippen LogP contribution in [0, 0.1) is 0 Å². The SMILES string of the molecule is COc1ccc(Cl)cc1NC(=O)Cn1ncn2nc(-c3cccc4ccccc34)cc2c1=O. The predicted molar refractivity (Wildman–Crippen MR) is 127 cm³/mol. The predicted octanol–water partition coefficient (Wildman–Crippen LogP) is 4.01. The van der Waals surface area contributed by atoms with Crippen molar-refractivity contribution < 1.29 is 9.53 Å². The first-order valence-corrected chi connectivity index (χ1v) is 10.5. The number of rotatable bonds is 5. The maximum Gasteiger partial charge on any atom is 0.293 e. The number of aromatic nitrogens is 4. The van der Waals surface area contributed by atoms with Gasteiger partial charge in [-0.05, 0) is 35.0 Å². The van der Waals surface area contributed by atoms with Crippen LogP contribution in [0.3, 0.4) is 0 Å². The average Bonchev–Trinajstić information content (AvgIpc) is 3.26. The molecule has 0 aliphatic heterocycles. The molecule has 1 amide bonds. The second-order valence-electron chi connectivity index (χ2n) is 7.37. The van der Waals surface area contributed by atoms with Gasteiger partial charge in [0, 0.05) is 10.6 Å². The van der Waals surface area contributed by atoms with E-state index >= 15 is 0 Å². The highest BCUT2D eigenvalue weighted by atomic mass is 35.5. The number of benzene rings is 3. The number of hydrogen-bond donors (Lipinski definition) is 1. The van der Waals surface area contributed by atoms with Crippen molar-refractivity contribution in [1.29, 1.82) is 0 Å². The Labute approximate surface area is 193 Å². The summed E-state index contributed by atoms with van der Waals surface area (Å²) in [5.41, 5.74) is 1.86. The zero-order valence-corrected chi connectivity index (χ0v) is 18.3. The van der Waals surface area contributed by atoms with Crippen LogP contribution < -0.4 is 15.6 Å². The van der Waals surface area contributed by atoms with E-state index in [1.807, 2.05) is 42.5 Å². The smallest absolute Gasteiger partial charge is 0.293 e. The van der Waals surface area contributed by atoms with Crippen molar-refractivity contribution in [3.63, 3.8) is 0 Å². The number of nitrogens with zero attached hydrogens (tertiary/aromatic N) is 4. The van der Waals surface area contributed by atoms with Gasteiger partial charge in [0.25, 0.3) is 5.56 Å². The molecule has 0 spiro atoms. The summed E-state index contributed by atoms with van der Waals surface area (Å²) in [6, 6.07) is 20.5. The van der Waals surface area contributed by atoms with E-state index in [-0.39, 0.29) is 6.54 Å². The maximum absolute atomic E-state index is 13.0. The van der Waals surface area contributed by atoms with Crippen LogP contribution in [0.2, 0.25) is 5.02 Å². The van der Waals surface area contributed by atoms with Gasteiger partial charge in [-0.3, -0.25) is 9.59 Å². The molecule has 0 aliphatic carbocycles.